The van der Waals surface area contributed by atoms with Crippen LogP contribution in [0.3, 0.4) is 0 Å². The lowest BCUT2D eigenvalue weighted by molar-refractivity contribution is 0.260. The quantitative estimate of drug-likeness (QED) is 0.300. The maximum absolute atomic E-state index is 8.59. The highest BCUT2D eigenvalue weighted by molar-refractivity contribution is 5.95. The lowest BCUT2D eigenvalue weighted by Gasteiger charge is -2.38. The largest absolute Gasteiger partial charge is 0.411 e. The van der Waals surface area contributed by atoms with Gasteiger partial charge in [-0.3, -0.25) is 0 Å². The summed E-state index contributed by atoms with van der Waals surface area (Å²) in [5.41, 5.74) is 1.07. The molecule has 2 heterocycles. The molecule has 2 aliphatic heterocycles. The van der Waals surface area contributed by atoms with Crippen molar-refractivity contribution in [2.75, 3.05) is 26.2 Å². The summed E-state index contributed by atoms with van der Waals surface area (Å²) in [6.45, 7) is 3.62. The van der Waals surface area contributed by atoms with Crippen LogP contribution < -0.4 is 10.6 Å². The van der Waals surface area contributed by atoms with Crippen LogP contribution in [0.25, 0.3) is 0 Å². The summed E-state index contributed by atoms with van der Waals surface area (Å²) >= 11 is 0. The van der Waals surface area contributed by atoms with E-state index in [1.165, 1.54) is 0 Å². The first-order valence-electron chi connectivity index (χ1n) is 3.50. The normalized spacial score (nSPS) is 33.0. The predicted octanol–water partition coefficient (Wildman–Crippen LogP) is -0.991. The number of rotatable bonds is 0. The van der Waals surface area contributed by atoms with E-state index in [2.05, 4.69) is 15.8 Å². The fraction of sp³-hybridized carbons (Fsp3) is 0.833. The van der Waals surface area contributed by atoms with Crippen LogP contribution in [-0.4, -0.2) is 37.1 Å². The van der Waals surface area contributed by atoms with Crippen LogP contribution in [0.4, 0.5) is 0 Å². The van der Waals surface area contributed by atoms with E-state index >= 15 is 0 Å². The molecule has 3 N–H and O–H groups in total. The highest BCUT2D eigenvalue weighted by Crippen LogP contribution is 2.26. The van der Waals surface area contributed by atoms with Gasteiger partial charge < -0.3 is 15.8 Å². The summed E-state index contributed by atoms with van der Waals surface area (Å²) in [6.07, 6.45) is 0. The Balaban J connectivity index is 2.20. The van der Waals surface area contributed by atoms with Gasteiger partial charge in [-0.2, -0.15) is 0 Å². The molecule has 0 unspecified atom stereocenters. The topological polar surface area (TPSA) is 56.7 Å². The maximum Gasteiger partial charge on any atom is 0.0808 e. The molecule has 1 spiro atoms. The molecular weight excluding hydrogens is 130 g/mol. The number of hydrogen-bond donors (Lipinski definition) is 3. The van der Waals surface area contributed by atoms with Crippen LogP contribution in [0.2, 0.25) is 0 Å². The molecule has 0 bridgehead atoms. The third kappa shape index (κ3) is 0.602. The molecule has 56 valence electrons. The fourth-order valence-corrected chi connectivity index (χ4v) is 1.61. The predicted molar refractivity (Wildman–Crippen MR) is 37.4 cm³/mol. The summed E-state index contributed by atoms with van der Waals surface area (Å²) in [5, 5.41) is 18.2. The Labute approximate surface area is 59.3 Å². The first kappa shape index (κ1) is 6.12. The molecule has 2 rings (SSSR count). The monoisotopic (exact) mass is 141 g/mol. The number of nitrogens with one attached hydrogen (secondary N) is 2. The molecule has 0 aromatic rings. The Hall–Kier alpha value is -0.610. The first-order chi connectivity index (χ1) is 4.87. The lowest BCUT2D eigenvalue weighted by atomic mass is 9.80. The van der Waals surface area contributed by atoms with E-state index in [4.69, 9.17) is 5.21 Å². The molecule has 2 fully saturated rings. The zero-order chi connectivity index (χ0) is 7.03. The van der Waals surface area contributed by atoms with Gasteiger partial charge in [-0.05, 0) is 0 Å². The van der Waals surface area contributed by atoms with Crippen LogP contribution in [0.5, 0.6) is 0 Å². The molecule has 2 aliphatic rings. The van der Waals surface area contributed by atoms with Crippen molar-refractivity contribution < 1.29 is 5.21 Å². The van der Waals surface area contributed by atoms with Gasteiger partial charge >= 0.3 is 0 Å². The molecule has 0 radical (unpaired) electrons. The average molecular weight is 141 g/mol. The highest BCUT2D eigenvalue weighted by atomic mass is 16.4. The zero-order valence-electron chi connectivity index (χ0n) is 5.72. The molecule has 10 heavy (non-hydrogen) atoms. The Morgan fingerprint density at radius 3 is 2.40 bits per heavy atom. The lowest BCUT2D eigenvalue weighted by Crippen LogP contribution is -2.58. The van der Waals surface area contributed by atoms with Crippen LogP contribution >= 0.6 is 0 Å². The summed E-state index contributed by atoms with van der Waals surface area (Å²) in [6, 6.07) is 0. The molecule has 4 nitrogen and oxygen atoms in total. The Morgan fingerprint density at radius 1 is 1.30 bits per heavy atom. The van der Waals surface area contributed by atoms with Gasteiger partial charge in [-0.1, -0.05) is 5.16 Å². The van der Waals surface area contributed by atoms with Crippen LogP contribution in [0, 0.1) is 5.41 Å². The van der Waals surface area contributed by atoms with E-state index in [1.54, 1.807) is 0 Å². The van der Waals surface area contributed by atoms with Gasteiger partial charge in [0.25, 0.3) is 0 Å². The van der Waals surface area contributed by atoms with Crippen LogP contribution in [-0.2, 0) is 0 Å². The Kier molecular flexibility index (Phi) is 1.18. The van der Waals surface area contributed by atoms with Crippen LogP contribution in [0.1, 0.15) is 0 Å². The van der Waals surface area contributed by atoms with Gasteiger partial charge in [0.05, 0.1) is 11.1 Å². The van der Waals surface area contributed by atoms with Gasteiger partial charge in [0.2, 0.25) is 0 Å². The summed E-state index contributed by atoms with van der Waals surface area (Å²) in [4.78, 5) is 0. The second kappa shape index (κ2) is 1.93. The minimum atomic E-state index is 0.161. The van der Waals surface area contributed by atoms with Crippen molar-refractivity contribution in [2.45, 2.75) is 0 Å². The molecule has 0 aromatic heterocycles. The smallest absolute Gasteiger partial charge is 0.0808 e. The molecule has 2 saturated heterocycles. The van der Waals surface area contributed by atoms with E-state index in [1.807, 2.05) is 0 Å². The van der Waals surface area contributed by atoms with Crippen LogP contribution in [0.15, 0.2) is 5.16 Å². The van der Waals surface area contributed by atoms with Gasteiger partial charge in [0.1, 0.15) is 0 Å². The molecule has 0 aromatic carbocycles. The molecule has 0 amide bonds. The average Bonchev–Trinajstić information content (AvgIpc) is 2.27. The van der Waals surface area contributed by atoms with Crippen molar-refractivity contribution in [2.24, 2.45) is 10.6 Å². The van der Waals surface area contributed by atoms with Gasteiger partial charge in [-0.25, -0.2) is 0 Å². The third-order valence-corrected chi connectivity index (χ3v) is 2.42. The number of oxime groups is 1. The van der Waals surface area contributed by atoms with Gasteiger partial charge in [0, 0.05) is 26.2 Å². The van der Waals surface area contributed by atoms with Crippen molar-refractivity contribution >= 4 is 5.71 Å². The van der Waals surface area contributed by atoms with Crippen molar-refractivity contribution in [1.29, 1.82) is 0 Å². The standard InChI is InChI=1S/C6H11N3O/c10-9-5-1-7-2-6(5)3-8-4-6/h7-8,10H,1-4H2/b9-5+. The van der Waals surface area contributed by atoms with Gasteiger partial charge in [0.15, 0.2) is 0 Å². The molecule has 0 atom stereocenters. The molecular formula is C6H11N3O. The Morgan fingerprint density at radius 2 is 2.00 bits per heavy atom. The van der Waals surface area contributed by atoms with E-state index in [-0.39, 0.29) is 5.41 Å². The fourth-order valence-electron chi connectivity index (χ4n) is 1.61. The highest BCUT2D eigenvalue weighted by Gasteiger charge is 2.45. The van der Waals surface area contributed by atoms with Crippen molar-refractivity contribution in [3.05, 3.63) is 0 Å². The van der Waals surface area contributed by atoms with E-state index in [0.29, 0.717) is 0 Å². The molecule has 0 saturated carbocycles. The minimum absolute atomic E-state index is 0.161. The Bertz CT molecular complexity index is 174. The third-order valence-electron chi connectivity index (χ3n) is 2.42. The van der Waals surface area contributed by atoms with E-state index in [9.17, 15) is 0 Å². The number of nitrogens with zero attached hydrogens (tertiary/aromatic N) is 1. The SMILES string of the molecule is O/N=C1\CNCC12CNC2. The maximum atomic E-state index is 8.59. The zero-order valence-corrected chi connectivity index (χ0v) is 5.72. The van der Waals surface area contributed by atoms with Gasteiger partial charge in [-0.15, -0.1) is 0 Å². The van der Waals surface area contributed by atoms with Crippen molar-refractivity contribution in [3.63, 3.8) is 0 Å². The summed E-state index contributed by atoms with van der Waals surface area (Å²) < 4.78 is 0. The second-order valence-corrected chi connectivity index (χ2v) is 3.03. The second-order valence-electron chi connectivity index (χ2n) is 3.03. The molecule has 4 heteroatoms. The summed E-state index contributed by atoms with van der Waals surface area (Å²) in [7, 11) is 0. The minimum Gasteiger partial charge on any atom is -0.411 e. The van der Waals surface area contributed by atoms with Crippen molar-refractivity contribution in [3.8, 4) is 0 Å². The van der Waals surface area contributed by atoms with E-state index < -0.39 is 0 Å². The van der Waals surface area contributed by atoms with Crippen molar-refractivity contribution in [1.82, 2.24) is 10.6 Å². The molecule has 0 aliphatic carbocycles. The first-order valence-corrected chi connectivity index (χ1v) is 3.50. The van der Waals surface area contributed by atoms with E-state index in [0.717, 1.165) is 31.9 Å². The number of hydrogen-bond acceptors (Lipinski definition) is 4. The summed E-state index contributed by atoms with van der Waals surface area (Å²) in [5.74, 6) is 0.